The second-order valence-electron chi connectivity index (χ2n) is 2.97. The molecule has 84 valence electrons. The van der Waals surface area contributed by atoms with Crippen molar-refractivity contribution in [3.8, 4) is 11.5 Å². The van der Waals surface area contributed by atoms with Crippen LogP contribution in [0.5, 0.6) is 11.5 Å². The van der Waals surface area contributed by atoms with Crippen molar-refractivity contribution in [2.24, 2.45) is 0 Å². The molecule has 6 heteroatoms. The Bertz CT molecular complexity index is 459. The van der Waals surface area contributed by atoms with Gasteiger partial charge in [-0.25, -0.2) is 4.98 Å². The predicted octanol–water partition coefficient (Wildman–Crippen LogP) is 2.30. The summed E-state index contributed by atoms with van der Waals surface area (Å²) in [6, 6.07) is 5.01. The summed E-state index contributed by atoms with van der Waals surface area (Å²) in [5, 5.41) is 12.2. The number of benzene rings is 1. The normalized spacial score (nSPS) is 9.81. The van der Waals surface area contributed by atoms with Crippen LogP contribution in [0.15, 0.2) is 29.8 Å². The summed E-state index contributed by atoms with van der Waals surface area (Å²) in [6.45, 7) is 0. The molecule has 5 nitrogen and oxygen atoms in total. The molecular formula is C10H11N3O2S. The fourth-order valence-electron chi connectivity index (χ4n) is 1.15. The van der Waals surface area contributed by atoms with Gasteiger partial charge in [0.1, 0.15) is 11.5 Å². The zero-order valence-electron chi connectivity index (χ0n) is 8.60. The number of nitrogens with one attached hydrogen (secondary N) is 2. The van der Waals surface area contributed by atoms with Gasteiger partial charge in [0, 0.05) is 17.6 Å². The SMILES string of the molecule is COc1ccc(NNc2nccs2)c(O)c1. The molecule has 2 aromatic rings. The second-order valence-corrected chi connectivity index (χ2v) is 3.86. The zero-order chi connectivity index (χ0) is 11.4. The Balaban J connectivity index is 2.04. The molecular weight excluding hydrogens is 226 g/mol. The van der Waals surface area contributed by atoms with E-state index in [2.05, 4.69) is 15.8 Å². The van der Waals surface area contributed by atoms with Gasteiger partial charge in [0.05, 0.1) is 12.8 Å². The van der Waals surface area contributed by atoms with Crippen molar-refractivity contribution in [1.82, 2.24) is 4.98 Å². The first-order valence-electron chi connectivity index (χ1n) is 4.58. The van der Waals surface area contributed by atoms with E-state index in [0.717, 1.165) is 5.13 Å². The van der Waals surface area contributed by atoms with Crippen LogP contribution >= 0.6 is 11.3 Å². The molecule has 0 atom stereocenters. The minimum absolute atomic E-state index is 0.114. The standard InChI is InChI=1S/C10H11N3O2S/c1-15-7-2-3-8(9(14)6-7)12-13-10-11-4-5-16-10/h2-6,12,14H,1H3,(H,11,13). The van der Waals surface area contributed by atoms with E-state index in [4.69, 9.17) is 4.74 Å². The lowest BCUT2D eigenvalue weighted by molar-refractivity contribution is 0.408. The number of phenols is 1. The molecule has 1 aromatic carbocycles. The highest BCUT2D eigenvalue weighted by Crippen LogP contribution is 2.27. The van der Waals surface area contributed by atoms with E-state index in [1.165, 1.54) is 17.4 Å². The number of thiazole rings is 1. The van der Waals surface area contributed by atoms with Gasteiger partial charge in [0.2, 0.25) is 5.13 Å². The van der Waals surface area contributed by atoms with Gasteiger partial charge in [-0.2, -0.15) is 0 Å². The molecule has 0 aliphatic carbocycles. The maximum absolute atomic E-state index is 9.65. The topological polar surface area (TPSA) is 66.4 Å². The van der Waals surface area contributed by atoms with Gasteiger partial charge in [0.15, 0.2) is 0 Å². The fourth-order valence-corrected chi connectivity index (χ4v) is 1.63. The smallest absolute Gasteiger partial charge is 0.201 e. The Morgan fingerprint density at radius 2 is 2.25 bits per heavy atom. The van der Waals surface area contributed by atoms with Crippen LogP contribution in [0.2, 0.25) is 0 Å². The summed E-state index contributed by atoms with van der Waals surface area (Å²) in [4.78, 5) is 4.03. The van der Waals surface area contributed by atoms with Gasteiger partial charge >= 0.3 is 0 Å². The van der Waals surface area contributed by atoms with E-state index >= 15 is 0 Å². The van der Waals surface area contributed by atoms with Crippen LogP contribution in [0.1, 0.15) is 0 Å². The Morgan fingerprint density at radius 3 is 2.88 bits per heavy atom. The molecule has 0 bridgehead atoms. The predicted molar refractivity (Wildman–Crippen MR) is 64.0 cm³/mol. The number of anilines is 2. The maximum Gasteiger partial charge on any atom is 0.201 e. The molecule has 0 aliphatic rings. The molecule has 0 amide bonds. The quantitative estimate of drug-likeness (QED) is 0.562. The number of nitrogens with zero attached hydrogens (tertiary/aromatic N) is 1. The molecule has 1 heterocycles. The first-order chi connectivity index (χ1) is 7.79. The number of aromatic hydroxyl groups is 1. The van der Waals surface area contributed by atoms with Crippen molar-refractivity contribution >= 4 is 22.2 Å². The summed E-state index contributed by atoms with van der Waals surface area (Å²) >= 11 is 1.46. The van der Waals surface area contributed by atoms with Crippen molar-refractivity contribution in [2.45, 2.75) is 0 Å². The third-order valence-electron chi connectivity index (χ3n) is 1.94. The number of phenolic OH excluding ortho intramolecular Hbond substituents is 1. The van der Waals surface area contributed by atoms with Crippen LogP contribution in [0, 0.1) is 0 Å². The van der Waals surface area contributed by atoms with Crippen LogP contribution in [-0.4, -0.2) is 17.2 Å². The largest absolute Gasteiger partial charge is 0.506 e. The maximum atomic E-state index is 9.65. The van der Waals surface area contributed by atoms with Crippen LogP contribution in [-0.2, 0) is 0 Å². The van der Waals surface area contributed by atoms with Gasteiger partial charge in [0.25, 0.3) is 0 Å². The second kappa shape index (κ2) is 4.71. The molecule has 0 unspecified atom stereocenters. The number of ether oxygens (including phenoxy) is 1. The van der Waals surface area contributed by atoms with E-state index in [1.807, 2.05) is 5.38 Å². The van der Waals surface area contributed by atoms with Gasteiger partial charge in [-0.1, -0.05) is 0 Å². The third-order valence-corrected chi connectivity index (χ3v) is 2.63. The molecule has 0 fully saturated rings. The highest BCUT2D eigenvalue weighted by molar-refractivity contribution is 7.13. The van der Waals surface area contributed by atoms with Gasteiger partial charge in [-0.15, -0.1) is 11.3 Å². The van der Waals surface area contributed by atoms with Gasteiger partial charge < -0.3 is 9.84 Å². The summed E-state index contributed by atoms with van der Waals surface area (Å²) < 4.78 is 4.98. The number of methoxy groups -OCH3 is 1. The average molecular weight is 237 g/mol. The molecule has 16 heavy (non-hydrogen) atoms. The van der Waals surface area contributed by atoms with Crippen LogP contribution in [0.25, 0.3) is 0 Å². The summed E-state index contributed by atoms with van der Waals surface area (Å²) in [7, 11) is 1.55. The van der Waals surface area contributed by atoms with Crippen LogP contribution < -0.4 is 15.6 Å². The molecule has 0 aliphatic heterocycles. The Kier molecular flexibility index (Phi) is 3.11. The third kappa shape index (κ3) is 2.34. The molecule has 0 spiro atoms. The molecule has 0 saturated carbocycles. The minimum atomic E-state index is 0.114. The van der Waals surface area contributed by atoms with E-state index in [0.29, 0.717) is 11.4 Å². The molecule has 0 saturated heterocycles. The molecule has 1 aromatic heterocycles. The van der Waals surface area contributed by atoms with Gasteiger partial charge in [-0.3, -0.25) is 10.9 Å². The van der Waals surface area contributed by atoms with E-state index in [9.17, 15) is 5.11 Å². The number of aromatic nitrogens is 1. The summed E-state index contributed by atoms with van der Waals surface area (Å²) in [6.07, 6.45) is 1.70. The lowest BCUT2D eigenvalue weighted by Crippen LogP contribution is -2.08. The molecule has 3 N–H and O–H groups in total. The van der Waals surface area contributed by atoms with Crippen molar-refractivity contribution in [1.29, 1.82) is 0 Å². The van der Waals surface area contributed by atoms with Gasteiger partial charge in [-0.05, 0) is 12.1 Å². The first-order valence-corrected chi connectivity index (χ1v) is 5.46. The van der Waals surface area contributed by atoms with Crippen LogP contribution in [0.3, 0.4) is 0 Å². The lowest BCUT2D eigenvalue weighted by Gasteiger charge is -2.09. The summed E-state index contributed by atoms with van der Waals surface area (Å²) in [5.41, 5.74) is 6.30. The monoisotopic (exact) mass is 237 g/mol. The van der Waals surface area contributed by atoms with Crippen molar-refractivity contribution in [3.63, 3.8) is 0 Å². The molecule has 2 rings (SSSR count). The minimum Gasteiger partial charge on any atom is -0.506 e. The molecule has 0 radical (unpaired) electrons. The Hall–Kier alpha value is -1.95. The van der Waals surface area contributed by atoms with Crippen molar-refractivity contribution in [3.05, 3.63) is 29.8 Å². The lowest BCUT2D eigenvalue weighted by atomic mass is 10.3. The zero-order valence-corrected chi connectivity index (χ0v) is 9.41. The summed E-state index contributed by atoms with van der Waals surface area (Å²) in [5.74, 6) is 0.723. The highest BCUT2D eigenvalue weighted by atomic mass is 32.1. The average Bonchev–Trinajstić information content (AvgIpc) is 2.80. The number of hydrogen-bond acceptors (Lipinski definition) is 6. The van der Waals surface area contributed by atoms with E-state index < -0.39 is 0 Å². The van der Waals surface area contributed by atoms with Crippen molar-refractivity contribution in [2.75, 3.05) is 18.0 Å². The number of hydrogen-bond donors (Lipinski definition) is 3. The number of hydrazine groups is 1. The van der Waals surface area contributed by atoms with Crippen LogP contribution in [0.4, 0.5) is 10.8 Å². The van der Waals surface area contributed by atoms with E-state index in [-0.39, 0.29) is 5.75 Å². The highest BCUT2D eigenvalue weighted by Gasteiger charge is 2.02. The fraction of sp³-hybridized carbons (Fsp3) is 0.100. The van der Waals surface area contributed by atoms with E-state index in [1.54, 1.807) is 25.4 Å². The Morgan fingerprint density at radius 1 is 1.38 bits per heavy atom. The Labute approximate surface area is 96.7 Å². The number of rotatable bonds is 4. The first kappa shape index (κ1) is 10.6. The van der Waals surface area contributed by atoms with Crippen molar-refractivity contribution < 1.29 is 9.84 Å².